The number of likely N-dealkylation sites (tertiary alicyclic amines) is 1. The Morgan fingerprint density at radius 3 is 1.91 bits per heavy atom. The highest BCUT2D eigenvalue weighted by Crippen LogP contribution is 2.28. The molecule has 0 radical (unpaired) electrons. The third kappa shape index (κ3) is 11.3. The van der Waals surface area contributed by atoms with Crippen molar-refractivity contribution < 1.29 is 18.9 Å². The van der Waals surface area contributed by atoms with Gasteiger partial charge in [0.25, 0.3) is 0 Å². The minimum Gasteiger partial charge on any atom is -0.380 e. The van der Waals surface area contributed by atoms with E-state index in [0.717, 1.165) is 97.3 Å². The van der Waals surface area contributed by atoms with Crippen LogP contribution in [0.15, 0.2) is 30.3 Å². The van der Waals surface area contributed by atoms with Gasteiger partial charge in [-0.1, -0.05) is 83.7 Å². The zero-order chi connectivity index (χ0) is 25.1. The molecule has 1 aliphatic rings. The van der Waals surface area contributed by atoms with Gasteiger partial charge in [-0.25, -0.2) is 0 Å². The van der Waals surface area contributed by atoms with E-state index in [1.807, 2.05) is 0 Å². The first-order valence-corrected chi connectivity index (χ1v) is 14.5. The van der Waals surface area contributed by atoms with Gasteiger partial charge in [0, 0.05) is 39.5 Å². The average molecular weight is 492 g/mol. The van der Waals surface area contributed by atoms with E-state index in [1.54, 1.807) is 0 Å². The fourth-order valence-corrected chi connectivity index (χ4v) is 4.60. The summed E-state index contributed by atoms with van der Waals surface area (Å²) >= 11 is 0. The molecule has 1 aromatic carbocycles. The van der Waals surface area contributed by atoms with E-state index < -0.39 is 0 Å². The summed E-state index contributed by atoms with van der Waals surface area (Å²) < 4.78 is 25.9. The topological polar surface area (TPSA) is 40.2 Å². The molecule has 0 aliphatic carbocycles. The van der Waals surface area contributed by atoms with Crippen LogP contribution >= 0.6 is 0 Å². The molecule has 1 aromatic rings. The van der Waals surface area contributed by atoms with Crippen molar-refractivity contribution in [2.24, 2.45) is 0 Å². The van der Waals surface area contributed by atoms with E-state index in [2.05, 4.69) is 62.9 Å². The van der Waals surface area contributed by atoms with Gasteiger partial charge in [0.2, 0.25) is 0 Å². The van der Waals surface area contributed by atoms with Gasteiger partial charge in [-0.2, -0.15) is 0 Å². The van der Waals surface area contributed by atoms with E-state index in [0.29, 0.717) is 6.61 Å². The van der Waals surface area contributed by atoms with Crippen molar-refractivity contribution in [1.82, 2.24) is 4.90 Å². The van der Waals surface area contributed by atoms with E-state index in [1.165, 1.54) is 5.56 Å². The Bertz CT molecular complexity index is 614. The van der Waals surface area contributed by atoms with Crippen LogP contribution in [0.2, 0.25) is 0 Å². The lowest BCUT2D eigenvalue weighted by atomic mass is 9.92. The van der Waals surface area contributed by atoms with Crippen LogP contribution in [0.1, 0.15) is 84.6 Å². The Morgan fingerprint density at radius 2 is 1.29 bits per heavy atom. The molecule has 1 fully saturated rings. The van der Waals surface area contributed by atoms with Crippen molar-refractivity contribution in [3.63, 3.8) is 0 Å². The third-order valence-electron chi connectivity index (χ3n) is 6.86. The predicted molar refractivity (Wildman–Crippen MR) is 145 cm³/mol. The summed E-state index contributed by atoms with van der Waals surface area (Å²) in [6, 6.07) is 11.0. The summed E-state index contributed by atoms with van der Waals surface area (Å²) in [6.07, 6.45) is 9.77. The molecule has 0 amide bonds. The van der Waals surface area contributed by atoms with Gasteiger partial charge in [-0.3, -0.25) is 4.90 Å². The minimum absolute atomic E-state index is 0.0210. The van der Waals surface area contributed by atoms with Crippen LogP contribution in [0.3, 0.4) is 0 Å². The number of unbranched alkanes of at least 4 members (excludes halogenated alkanes) is 4. The summed E-state index contributed by atoms with van der Waals surface area (Å²) in [5, 5.41) is 0. The van der Waals surface area contributed by atoms with Crippen molar-refractivity contribution in [2.45, 2.75) is 110 Å². The molecule has 5 nitrogen and oxygen atoms in total. The molecule has 0 bridgehead atoms. The molecule has 5 heteroatoms. The first-order valence-electron chi connectivity index (χ1n) is 14.5. The Hall–Kier alpha value is -0.980. The van der Waals surface area contributed by atoms with Gasteiger partial charge in [-0.05, 0) is 37.7 Å². The fraction of sp³-hybridized carbons (Fsp3) is 0.800. The number of nitrogens with zero attached hydrogens (tertiary/aromatic N) is 1. The number of hydrogen-bond donors (Lipinski definition) is 0. The van der Waals surface area contributed by atoms with Gasteiger partial charge in [0.15, 0.2) is 0 Å². The van der Waals surface area contributed by atoms with Crippen molar-refractivity contribution in [3.8, 4) is 0 Å². The molecule has 35 heavy (non-hydrogen) atoms. The molecular weight excluding hydrogens is 438 g/mol. The van der Waals surface area contributed by atoms with Crippen LogP contribution in [0.25, 0.3) is 0 Å². The SMILES string of the molecule is CCCCOCC1C(OCCCC)C(OCCCC)C(OCCCC)CN1CCc1ccccc1. The lowest BCUT2D eigenvalue weighted by Crippen LogP contribution is -2.65. The third-order valence-corrected chi connectivity index (χ3v) is 6.86. The van der Waals surface area contributed by atoms with Gasteiger partial charge in [0.1, 0.15) is 12.2 Å². The lowest BCUT2D eigenvalue weighted by molar-refractivity contribution is -0.201. The molecule has 4 atom stereocenters. The molecule has 0 saturated carbocycles. The predicted octanol–water partition coefficient (Wildman–Crippen LogP) is 6.29. The maximum Gasteiger partial charge on any atom is 0.113 e. The number of benzene rings is 1. The lowest BCUT2D eigenvalue weighted by Gasteiger charge is -2.48. The number of piperidine rings is 1. The Balaban J connectivity index is 2.24. The van der Waals surface area contributed by atoms with E-state index in [4.69, 9.17) is 18.9 Å². The first-order chi connectivity index (χ1) is 17.2. The zero-order valence-corrected chi connectivity index (χ0v) is 23.1. The molecule has 1 aliphatic heterocycles. The molecule has 0 N–H and O–H groups in total. The maximum absolute atomic E-state index is 6.63. The summed E-state index contributed by atoms with van der Waals surface area (Å²) in [5.74, 6) is 0. The Kier molecular flexibility index (Phi) is 16.6. The highest BCUT2D eigenvalue weighted by Gasteiger charge is 2.45. The monoisotopic (exact) mass is 491 g/mol. The summed E-state index contributed by atoms with van der Waals surface area (Å²) in [4.78, 5) is 2.56. The highest BCUT2D eigenvalue weighted by atomic mass is 16.6. The zero-order valence-electron chi connectivity index (χ0n) is 23.1. The highest BCUT2D eigenvalue weighted by molar-refractivity contribution is 5.15. The molecule has 1 heterocycles. The molecule has 1 saturated heterocycles. The van der Waals surface area contributed by atoms with Gasteiger partial charge >= 0.3 is 0 Å². The quantitative estimate of drug-likeness (QED) is 0.201. The summed E-state index contributed by atoms with van der Waals surface area (Å²) in [5.41, 5.74) is 1.37. The largest absolute Gasteiger partial charge is 0.380 e. The van der Waals surface area contributed by atoms with Gasteiger partial charge in [0.05, 0.1) is 18.8 Å². The van der Waals surface area contributed by atoms with Crippen LogP contribution in [0.5, 0.6) is 0 Å². The van der Waals surface area contributed by atoms with Crippen LogP contribution in [0.4, 0.5) is 0 Å². The number of rotatable bonds is 20. The summed E-state index contributed by atoms with van der Waals surface area (Å²) in [6.45, 7) is 14.5. The van der Waals surface area contributed by atoms with Crippen molar-refractivity contribution >= 4 is 0 Å². The second kappa shape index (κ2) is 19.2. The molecule has 0 aromatic heterocycles. The van der Waals surface area contributed by atoms with E-state index in [9.17, 15) is 0 Å². The van der Waals surface area contributed by atoms with Crippen molar-refractivity contribution in [2.75, 3.05) is 46.1 Å². The Morgan fingerprint density at radius 1 is 0.714 bits per heavy atom. The van der Waals surface area contributed by atoms with E-state index >= 15 is 0 Å². The van der Waals surface area contributed by atoms with Gasteiger partial charge in [-0.15, -0.1) is 0 Å². The number of ether oxygens (including phenoxy) is 4. The molecule has 202 valence electrons. The second-order valence-electron chi connectivity index (χ2n) is 9.87. The van der Waals surface area contributed by atoms with Crippen LogP contribution in [0, 0.1) is 0 Å². The van der Waals surface area contributed by atoms with Crippen LogP contribution in [-0.4, -0.2) is 75.4 Å². The summed E-state index contributed by atoms with van der Waals surface area (Å²) in [7, 11) is 0. The van der Waals surface area contributed by atoms with Crippen molar-refractivity contribution in [3.05, 3.63) is 35.9 Å². The van der Waals surface area contributed by atoms with Crippen molar-refractivity contribution in [1.29, 1.82) is 0 Å². The average Bonchev–Trinajstić information content (AvgIpc) is 2.88. The standard InChI is InChI=1S/C30H53NO4/c1-5-9-20-32-25-27-29(34-22-11-7-3)30(35-23-12-8-4)28(33-21-10-6-2)24-31(27)19-18-26-16-14-13-15-17-26/h13-17,27-30H,5-12,18-25H2,1-4H3. The second-order valence-corrected chi connectivity index (χ2v) is 9.87. The molecule has 2 rings (SSSR count). The van der Waals surface area contributed by atoms with E-state index in [-0.39, 0.29) is 24.4 Å². The Labute approximate surface area is 215 Å². The minimum atomic E-state index is -0.0528. The normalized spacial score (nSPS) is 23.1. The number of hydrogen-bond acceptors (Lipinski definition) is 5. The smallest absolute Gasteiger partial charge is 0.113 e. The molecule has 4 unspecified atom stereocenters. The first kappa shape index (κ1) is 30.2. The van der Waals surface area contributed by atoms with Crippen LogP contribution in [-0.2, 0) is 25.4 Å². The molecular formula is C30H53NO4. The van der Waals surface area contributed by atoms with Gasteiger partial charge < -0.3 is 18.9 Å². The van der Waals surface area contributed by atoms with Crippen LogP contribution < -0.4 is 0 Å². The maximum atomic E-state index is 6.63. The fourth-order valence-electron chi connectivity index (χ4n) is 4.60. The molecule has 0 spiro atoms.